The Morgan fingerprint density at radius 2 is 2.24 bits per heavy atom. The number of non-ortho nitro benzene ring substituents is 1. The molecule has 1 saturated heterocycles. The molecule has 0 unspecified atom stereocenters. The molecular weight excluding hydrogens is 274 g/mol. The summed E-state index contributed by atoms with van der Waals surface area (Å²) in [6.07, 6.45) is 0. The van der Waals surface area contributed by atoms with Gasteiger partial charge in [0.05, 0.1) is 24.6 Å². The van der Waals surface area contributed by atoms with Gasteiger partial charge in [0.25, 0.3) is 5.69 Å². The maximum Gasteiger partial charge on any atom is 0.269 e. The minimum absolute atomic E-state index is 0.0756. The molecule has 0 spiro atoms. The van der Waals surface area contributed by atoms with Crippen molar-refractivity contribution in [1.82, 2.24) is 9.96 Å². The summed E-state index contributed by atoms with van der Waals surface area (Å²) >= 11 is 0. The molecule has 7 heteroatoms. The first-order valence-corrected chi connectivity index (χ1v) is 6.74. The van der Waals surface area contributed by atoms with Gasteiger partial charge >= 0.3 is 0 Å². The van der Waals surface area contributed by atoms with E-state index in [1.165, 1.54) is 6.07 Å². The standard InChI is InChI=1S/C14H17N3O4/c1-2-21-16-7-6-15(10-14(16)11-18)9-12-4-3-5-13(8-12)17(19)20/h3-5,8H,2,6-7,9-10H2,1H3. The fraction of sp³-hybridized carbons (Fsp3) is 0.429. The molecule has 21 heavy (non-hydrogen) atoms. The number of nitro benzene ring substituents is 1. The van der Waals surface area contributed by atoms with Crippen molar-refractivity contribution in [2.75, 3.05) is 26.2 Å². The highest BCUT2D eigenvalue weighted by Gasteiger charge is 2.22. The third-order valence-electron chi connectivity index (χ3n) is 3.22. The highest BCUT2D eigenvalue weighted by atomic mass is 16.7. The summed E-state index contributed by atoms with van der Waals surface area (Å²) in [7, 11) is 0. The molecular formula is C14H17N3O4. The Balaban J connectivity index is 2.03. The molecule has 1 fully saturated rings. The fourth-order valence-corrected chi connectivity index (χ4v) is 2.28. The highest BCUT2D eigenvalue weighted by Crippen LogP contribution is 2.18. The van der Waals surface area contributed by atoms with Crippen LogP contribution in [0, 0.1) is 10.1 Å². The zero-order valence-electron chi connectivity index (χ0n) is 11.8. The summed E-state index contributed by atoms with van der Waals surface area (Å²) in [5.41, 5.74) is 1.37. The monoisotopic (exact) mass is 291 g/mol. The molecule has 7 nitrogen and oxygen atoms in total. The summed E-state index contributed by atoms with van der Waals surface area (Å²) in [6, 6.07) is 6.53. The van der Waals surface area contributed by atoms with E-state index in [0.29, 0.717) is 38.5 Å². The largest absolute Gasteiger partial charge is 0.291 e. The van der Waals surface area contributed by atoms with Crippen LogP contribution >= 0.6 is 0 Å². The minimum atomic E-state index is -0.409. The van der Waals surface area contributed by atoms with E-state index in [2.05, 4.69) is 0 Å². The number of hydrogen-bond donors (Lipinski definition) is 0. The Hall–Kier alpha value is -2.21. The van der Waals surface area contributed by atoms with Gasteiger partial charge in [0.1, 0.15) is 11.6 Å². The van der Waals surface area contributed by atoms with Crippen molar-refractivity contribution in [3.63, 3.8) is 0 Å². The number of carbonyl (C=O) groups excluding carboxylic acids is 1. The Labute approximate surface area is 122 Å². The van der Waals surface area contributed by atoms with E-state index in [0.717, 1.165) is 5.56 Å². The number of nitro groups is 1. The molecule has 2 rings (SSSR count). The summed E-state index contributed by atoms with van der Waals surface area (Å²) in [5, 5.41) is 12.3. The van der Waals surface area contributed by atoms with Crippen LogP contribution in [0.3, 0.4) is 0 Å². The van der Waals surface area contributed by atoms with Gasteiger partial charge in [-0.3, -0.25) is 19.9 Å². The van der Waals surface area contributed by atoms with Gasteiger partial charge in [-0.2, -0.15) is 0 Å². The van der Waals surface area contributed by atoms with Crippen LogP contribution in [0.25, 0.3) is 0 Å². The Kier molecular flexibility index (Phi) is 5.05. The number of benzene rings is 1. The van der Waals surface area contributed by atoms with Gasteiger partial charge in [-0.1, -0.05) is 12.1 Å². The second kappa shape index (κ2) is 6.99. The topological polar surface area (TPSA) is 75.9 Å². The zero-order chi connectivity index (χ0) is 15.2. The molecule has 0 amide bonds. The van der Waals surface area contributed by atoms with E-state index in [1.807, 2.05) is 23.8 Å². The predicted octanol–water partition coefficient (Wildman–Crippen LogP) is 1.38. The molecule has 0 saturated carbocycles. The Morgan fingerprint density at radius 1 is 1.43 bits per heavy atom. The van der Waals surface area contributed by atoms with Crippen molar-refractivity contribution in [3.8, 4) is 0 Å². The Morgan fingerprint density at radius 3 is 2.90 bits per heavy atom. The lowest BCUT2D eigenvalue weighted by Gasteiger charge is -2.34. The summed E-state index contributed by atoms with van der Waals surface area (Å²) in [5.74, 6) is 1.90. The maximum atomic E-state index is 11.0. The zero-order valence-corrected chi connectivity index (χ0v) is 11.8. The van der Waals surface area contributed by atoms with Gasteiger partial charge in [-0.15, -0.1) is 0 Å². The van der Waals surface area contributed by atoms with Crippen molar-refractivity contribution < 1.29 is 14.6 Å². The van der Waals surface area contributed by atoms with Crippen LogP contribution in [0.4, 0.5) is 5.69 Å². The normalized spacial score (nSPS) is 15.9. The van der Waals surface area contributed by atoms with Gasteiger partial charge in [0.2, 0.25) is 0 Å². The molecule has 112 valence electrons. The molecule has 0 atom stereocenters. The van der Waals surface area contributed by atoms with Crippen LogP contribution in [-0.2, 0) is 16.2 Å². The quantitative estimate of drug-likeness (QED) is 0.463. The van der Waals surface area contributed by atoms with Crippen LogP contribution in [-0.4, -0.2) is 47.1 Å². The van der Waals surface area contributed by atoms with Crippen molar-refractivity contribution >= 4 is 11.6 Å². The van der Waals surface area contributed by atoms with Gasteiger partial charge in [0.15, 0.2) is 0 Å². The first kappa shape index (κ1) is 15.2. The summed E-state index contributed by atoms with van der Waals surface area (Å²) < 4.78 is 0. The lowest BCUT2D eigenvalue weighted by atomic mass is 10.1. The smallest absolute Gasteiger partial charge is 0.269 e. The predicted molar refractivity (Wildman–Crippen MR) is 75.9 cm³/mol. The third-order valence-corrected chi connectivity index (χ3v) is 3.22. The van der Waals surface area contributed by atoms with Gasteiger partial charge < -0.3 is 0 Å². The second-order valence-corrected chi connectivity index (χ2v) is 4.71. The number of piperazine rings is 1. The molecule has 1 aliphatic heterocycles. The number of rotatable bonds is 5. The lowest BCUT2D eigenvalue weighted by molar-refractivity contribution is -0.384. The number of hydrogen-bond acceptors (Lipinski definition) is 6. The minimum Gasteiger partial charge on any atom is -0.291 e. The van der Waals surface area contributed by atoms with Crippen molar-refractivity contribution in [2.45, 2.75) is 13.5 Å². The second-order valence-electron chi connectivity index (χ2n) is 4.71. The number of nitrogens with zero attached hydrogens (tertiary/aromatic N) is 3. The van der Waals surface area contributed by atoms with Crippen LogP contribution < -0.4 is 0 Å². The molecule has 1 aliphatic rings. The van der Waals surface area contributed by atoms with E-state index >= 15 is 0 Å². The van der Waals surface area contributed by atoms with E-state index in [9.17, 15) is 14.9 Å². The molecule has 1 aromatic rings. The van der Waals surface area contributed by atoms with Crippen LogP contribution in [0.15, 0.2) is 30.0 Å². The maximum absolute atomic E-state index is 11.0. The van der Waals surface area contributed by atoms with Gasteiger partial charge in [-0.25, -0.2) is 9.86 Å². The van der Waals surface area contributed by atoms with Crippen LogP contribution in [0.1, 0.15) is 12.5 Å². The summed E-state index contributed by atoms with van der Waals surface area (Å²) in [4.78, 5) is 28.7. The lowest BCUT2D eigenvalue weighted by Crippen LogP contribution is -2.44. The van der Waals surface area contributed by atoms with Gasteiger partial charge in [0, 0.05) is 25.2 Å². The molecule has 1 heterocycles. The molecule has 0 bridgehead atoms. The third kappa shape index (κ3) is 3.88. The molecule has 1 aromatic carbocycles. The first-order valence-electron chi connectivity index (χ1n) is 6.74. The molecule has 0 radical (unpaired) electrons. The molecule has 0 aliphatic carbocycles. The first-order chi connectivity index (χ1) is 10.1. The molecule has 0 N–H and O–H groups in total. The SMILES string of the molecule is CCON1CCN(Cc2cccc([N+](=O)[O-])c2)CC1=C=O. The molecule has 0 aromatic heterocycles. The average molecular weight is 291 g/mol. The van der Waals surface area contributed by atoms with Crippen molar-refractivity contribution in [1.29, 1.82) is 0 Å². The highest BCUT2D eigenvalue weighted by molar-refractivity contribution is 5.52. The van der Waals surface area contributed by atoms with Crippen LogP contribution in [0.2, 0.25) is 0 Å². The van der Waals surface area contributed by atoms with Crippen molar-refractivity contribution in [3.05, 3.63) is 45.6 Å². The average Bonchev–Trinajstić information content (AvgIpc) is 2.49. The fourth-order valence-electron chi connectivity index (χ4n) is 2.28. The van der Waals surface area contributed by atoms with E-state index in [1.54, 1.807) is 17.2 Å². The van der Waals surface area contributed by atoms with Crippen molar-refractivity contribution in [2.24, 2.45) is 0 Å². The van der Waals surface area contributed by atoms with E-state index in [4.69, 9.17) is 4.84 Å². The Bertz CT molecular complexity index is 569. The summed E-state index contributed by atoms with van der Waals surface area (Å²) in [6.45, 7) is 4.62. The van der Waals surface area contributed by atoms with Gasteiger partial charge in [-0.05, 0) is 12.5 Å². The van der Waals surface area contributed by atoms with E-state index < -0.39 is 4.92 Å². The van der Waals surface area contributed by atoms with Crippen LogP contribution in [0.5, 0.6) is 0 Å². The number of hydroxylamine groups is 2. The van der Waals surface area contributed by atoms with E-state index in [-0.39, 0.29) is 5.69 Å².